The number of nitrogens with zero attached hydrogens (tertiary/aromatic N) is 3. The molecule has 1 saturated heterocycles. The molecule has 2 aliphatic heterocycles. The molecule has 176 valence electrons. The van der Waals surface area contributed by atoms with Crippen LogP contribution in [0, 0.1) is 5.92 Å². The van der Waals surface area contributed by atoms with E-state index < -0.39 is 0 Å². The Morgan fingerprint density at radius 1 is 1.21 bits per heavy atom. The SMILES string of the molecule is NC(=O)C(CCCOc1cccc2nc3n(c(=O)c12)CC(=O)N3)N1CCCC2CCCCC21. The zero-order chi connectivity index (χ0) is 22.9. The van der Waals surface area contributed by atoms with Crippen LogP contribution < -0.4 is 21.3 Å². The van der Waals surface area contributed by atoms with E-state index >= 15 is 0 Å². The highest BCUT2D eigenvalue weighted by atomic mass is 16.5. The molecule has 1 aromatic heterocycles. The molecule has 3 aliphatic rings. The van der Waals surface area contributed by atoms with Crippen molar-refractivity contribution in [1.29, 1.82) is 0 Å². The standard InChI is InChI=1S/C24H31N5O4/c25-22(31)18(28-12-4-7-15-6-1-2-9-17(15)28)10-5-13-33-19-11-3-8-16-21(19)23(32)29-14-20(30)27-24(29)26-16/h3,8,11,15,17-18H,1-2,4-7,9-10,12-14H2,(H2,25,31)(H,26,27,30). The predicted octanol–water partition coefficient (Wildman–Crippen LogP) is 2.02. The molecule has 33 heavy (non-hydrogen) atoms. The van der Waals surface area contributed by atoms with Crippen LogP contribution in [0.5, 0.6) is 5.75 Å². The van der Waals surface area contributed by atoms with Gasteiger partial charge in [0, 0.05) is 6.04 Å². The molecule has 1 saturated carbocycles. The number of hydrogen-bond donors (Lipinski definition) is 2. The molecule has 1 aromatic carbocycles. The third kappa shape index (κ3) is 4.21. The molecule has 1 aliphatic carbocycles. The highest BCUT2D eigenvalue weighted by molar-refractivity contribution is 5.95. The van der Waals surface area contributed by atoms with Crippen molar-refractivity contribution >= 4 is 28.7 Å². The summed E-state index contributed by atoms with van der Waals surface area (Å²) in [7, 11) is 0. The molecule has 3 N–H and O–H groups in total. The summed E-state index contributed by atoms with van der Waals surface area (Å²) >= 11 is 0. The van der Waals surface area contributed by atoms with Crippen LogP contribution >= 0.6 is 0 Å². The molecule has 0 spiro atoms. The molecule has 2 amide bonds. The number of aromatic nitrogens is 2. The van der Waals surface area contributed by atoms with E-state index in [9.17, 15) is 14.4 Å². The molecule has 9 nitrogen and oxygen atoms in total. The number of primary amides is 1. The number of nitrogens with one attached hydrogen (secondary N) is 1. The summed E-state index contributed by atoms with van der Waals surface area (Å²) in [5.74, 6) is 0.876. The van der Waals surface area contributed by atoms with Crippen LogP contribution in [0.1, 0.15) is 51.4 Å². The lowest BCUT2D eigenvalue weighted by Gasteiger charge is -2.46. The van der Waals surface area contributed by atoms with Crippen LogP contribution in [0.15, 0.2) is 23.0 Å². The maximum Gasteiger partial charge on any atom is 0.267 e. The van der Waals surface area contributed by atoms with E-state index in [4.69, 9.17) is 10.5 Å². The highest BCUT2D eigenvalue weighted by Crippen LogP contribution is 2.37. The molecular formula is C24H31N5O4. The van der Waals surface area contributed by atoms with E-state index in [1.54, 1.807) is 18.2 Å². The molecule has 2 fully saturated rings. The van der Waals surface area contributed by atoms with Crippen molar-refractivity contribution in [3.05, 3.63) is 28.6 Å². The van der Waals surface area contributed by atoms with Gasteiger partial charge >= 0.3 is 0 Å². The van der Waals surface area contributed by atoms with Gasteiger partial charge in [0.25, 0.3) is 5.56 Å². The Balaban J connectivity index is 1.27. The Hall–Kier alpha value is -2.94. The molecule has 3 atom stereocenters. The number of benzene rings is 1. The summed E-state index contributed by atoms with van der Waals surface area (Å²) in [4.78, 5) is 43.7. The first-order chi connectivity index (χ1) is 16.0. The summed E-state index contributed by atoms with van der Waals surface area (Å²) < 4.78 is 7.31. The average molecular weight is 454 g/mol. The Morgan fingerprint density at radius 3 is 2.88 bits per heavy atom. The number of carbonyl (C=O) groups is 2. The van der Waals surface area contributed by atoms with Crippen molar-refractivity contribution < 1.29 is 14.3 Å². The van der Waals surface area contributed by atoms with E-state index in [0.717, 1.165) is 19.4 Å². The Morgan fingerprint density at radius 2 is 2.03 bits per heavy atom. The molecule has 0 bridgehead atoms. The van der Waals surface area contributed by atoms with Gasteiger partial charge < -0.3 is 10.5 Å². The topological polar surface area (TPSA) is 120 Å². The monoisotopic (exact) mass is 453 g/mol. The van der Waals surface area contributed by atoms with E-state index in [1.807, 2.05) is 0 Å². The number of piperidine rings is 1. The van der Waals surface area contributed by atoms with E-state index in [1.165, 1.54) is 30.3 Å². The molecule has 9 heteroatoms. The molecule has 5 rings (SSSR count). The number of amides is 2. The fraction of sp³-hybridized carbons (Fsp3) is 0.583. The third-order valence-electron chi connectivity index (χ3n) is 7.39. The molecule has 3 unspecified atom stereocenters. The van der Waals surface area contributed by atoms with Gasteiger partial charge in [-0.25, -0.2) is 4.98 Å². The van der Waals surface area contributed by atoms with Crippen molar-refractivity contribution in [2.24, 2.45) is 11.7 Å². The lowest BCUT2D eigenvalue weighted by Crippen LogP contribution is -2.55. The van der Waals surface area contributed by atoms with Gasteiger partial charge in [-0.3, -0.25) is 29.2 Å². The first-order valence-corrected chi connectivity index (χ1v) is 12.0. The second-order valence-corrected chi connectivity index (χ2v) is 9.43. The minimum absolute atomic E-state index is 0.0380. The molecule has 0 radical (unpaired) electrons. The Bertz CT molecular complexity index is 1130. The molecular weight excluding hydrogens is 422 g/mol. The summed E-state index contributed by atoms with van der Waals surface area (Å²) in [6.45, 7) is 1.26. The number of anilines is 1. The quantitative estimate of drug-likeness (QED) is 0.619. The van der Waals surface area contributed by atoms with Crippen LogP contribution in [0.2, 0.25) is 0 Å². The fourth-order valence-electron chi connectivity index (χ4n) is 5.88. The number of likely N-dealkylation sites (tertiary alicyclic amines) is 1. The summed E-state index contributed by atoms with van der Waals surface area (Å²) in [5.41, 5.74) is 6.02. The minimum Gasteiger partial charge on any atom is -0.493 e. The Labute approximate surface area is 192 Å². The lowest BCUT2D eigenvalue weighted by molar-refractivity contribution is -0.126. The van der Waals surface area contributed by atoms with Crippen molar-refractivity contribution in [2.75, 3.05) is 18.5 Å². The number of ether oxygens (including phenoxy) is 1. The van der Waals surface area contributed by atoms with Gasteiger partial charge in [-0.1, -0.05) is 18.9 Å². The van der Waals surface area contributed by atoms with E-state index in [2.05, 4.69) is 15.2 Å². The summed E-state index contributed by atoms with van der Waals surface area (Å²) in [6.07, 6.45) is 8.58. The predicted molar refractivity (Wildman–Crippen MR) is 124 cm³/mol. The highest BCUT2D eigenvalue weighted by Gasteiger charge is 2.38. The minimum atomic E-state index is -0.296. The number of rotatable bonds is 7. The van der Waals surface area contributed by atoms with E-state index in [0.29, 0.717) is 48.1 Å². The second-order valence-electron chi connectivity index (χ2n) is 9.43. The number of fused-ring (bicyclic) bond motifs is 3. The van der Waals surface area contributed by atoms with Crippen molar-refractivity contribution in [2.45, 2.75) is 70.0 Å². The van der Waals surface area contributed by atoms with Gasteiger partial charge in [-0.15, -0.1) is 0 Å². The number of carbonyl (C=O) groups excluding carboxylic acids is 2. The first-order valence-electron chi connectivity index (χ1n) is 12.0. The van der Waals surface area contributed by atoms with Crippen LogP contribution in [0.3, 0.4) is 0 Å². The van der Waals surface area contributed by atoms with Gasteiger partial charge in [0.15, 0.2) is 0 Å². The normalized spacial score (nSPS) is 23.6. The number of hydrogen-bond acceptors (Lipinski definition) is 6. The smallest absolute Gasteiger partial charge is 0.267 e. The first kappa shape index (κ1) is 21.9. The average Bonchev–Trinajstić information content (AvgIpc) is 3.19. The zero-order valence-electron chi connectivity index (χ0n) is 18.8. The summed E-state index contributed by atoms with van der Waals surface area (Å²) in [5, 5.41) is 2.97. The summed E-state index contributed by atoms with van der Waals surface area (Å²) in [6, 6.07) is 5.44. The van der Waals surface area contributed by atoms with Crippen molar-refractivity contribution in [1.82, 2.24) is 14.5 Å². The van der Waals surface area contributed by atoms with Crippen molar-refractivity contribution in [3.8, 4) is 5.75 Å². The van der Waals surface area contributed by atoms with Crippen molar-refractivity contribution in [3.63, 3.8) is 0 Å². The van der Waals surface area contributed by atoms with Gasteiger partial charge in [-0.05, 0) is 63.1 Å². The maximum atomic E-state index is 12.9. The van der Waals surface area contributed by atoms with Crippen LogP contribution in [-0.2, 0) is 16.1 Å². The van der Waals surface area contributed by atoms with Crippen LogP contribution in [0.25, 0.3) is 10.9 Å². The lowest BCUT2D eigenvalue weighted by atomic mass is 9.77. The number of nitrogens with two attached hydrogens (primary N) is 1. The van der Waals surface area contributed by atoms with Gasteiger partial charge in [0.2, 0.25) is 17.8 Å². The largest absolute Gasteiger partial charge is 0.493 e. The molecule has 2 aromatic rings. The zero-order valence-corrected chi connectivity index (χ0v) is 18.8. The van der Waals surface area contributed by atoms with Gasteiger partial charge in [-0.2, -0.15) is 0 Å². The molecule has 3 heterocycles. The van der Waals surface area contributed by atoms with Crippen LogP contribution in [-0.4, -0.2) is 51.5 Å². The van der Waals surface area contributed by atoms with Gasteiger partial charge in [0.05, 0.1) is 18.2 Å². The fourth-order valence-corrected chi connectivity index (χ4v) is 5.88. The van der Waals surface area contributed by atoms with Gasteiger partial charge in [0.1, 0.15) is 17.7 Å². The third-order valence-corrected chi connectivity index (χ3v) is 7.39. The maximum absolute atomic E-state index is 12.9. The Kier molecular flexibility index (Phi) is 6.05. The van der Waals surface area contributed by atoms with Crippen LogP contribution in [0.4, 0.5) is 5.95 Å². The second kappa shape index (κ2) is 9.13. The van der Waals surface area contributed by atoms with E-state index in [-0.39, 0.29) is 35.9 Å².